The van der Waals surface area contributed by atoms with E-state index in [1.807, 2.05) is 6.92 Å². The highest BCUT2D eigenvalue weighted by molar-refractivity contribution is 5.66. The van der Waals surface area contributed by atoms with Gasteiger partial charge in [0.2, 0.25) is 0 Å². The Morgan fingerprint density at radius 1 is 1.21 bits per heavy atom. The SMILES string of the molecule is CCCCC(O)C#CC(O)/C=C\CCCCC(=O)O. The number of carbonyl (C=O) groups is 1. The Balaban J connectivity index is 3.75. The summed E-state index contributed by atoms with van der Waals surface area (Å²) in [6.45, 7) is 2.04. The third-order valence-electron chi connectivity index (χ3n) is 2.56. The molecule has 0 fully saturated rings. The molecule has 0 aliphatic rings. The average molecular weight is 268 g/mol. The summed E-state index contributed by atoms with van der Waals surface area (Å²) in [5.41, 5.74) is 0. The standard InChI is InChI=1S/C15H24O4/c1-2-3-8-13(16)11-12-14(17)9-6-4-5-7-10-15(18)19/h6,9,13-14,16-17H,2-5,7-8,10H2,1H3,(H,18,19)/b9-6-. The van der Waals surface area contributed by atoms with Crippen LogP contribution >= 0.6 is 0 Å². The lowest BCUT2D eigenvalue weighted by Gasteiger charge is -2.01. The number of hydrogen-bond acceptors (Lipinski definition) is 3. The predicted octanol–water partition coefficient (Wildman–Crippen LogP) is 2.10. The van der Waals surface area contributed by atoms with Crippen molar-refractivity contribution in [1.82, 2.24) is 0 Å². The quantitative estimate of drug-likeness (QED) is 0.340. The molecule has 0 aromatic heterocycles. The summed E-state index contributed by atoms with van der Waals surface area (Å²) >= 11 is 0. The zero-order valence-corrected chi connectivity index (χ0v) is 11.5. The third kappa shape index (κ3) is 12.9. The highest BCUT2D eigenvalue weighted by Gasteiger charge is 1.98. The van der Waals surface area contributed by atoms with E-state index in [-0.39, 0.29) is 6.42 Å². The lowest BCUT2D eigenvalue weighted by molar-refractivity contribution is -0.137. The number of aliphatic hydroxyl groups excluding tert-OH is 2. The van der Waals surface area contributed by atoms with Gasteiger partial charge in [-0.1, -0.05) is 37.7 Å². The number of unbranched alkanes of at least 4 members (excludes halogenated alkanes) is 3. The van der Waals surface area contributed by atoms with Gasteiger partial charge in [0.1, 0.15) is 12.2 Å². The van der Waals surface area contributed by atoms with Crippen LogP contribution < -0.4 is 0 Å². The summed E-state index contributed by atoms with van der Waals surface area (Å²) in [5, 5.41) is 27.4. The number of carboxylic acids is 1. The number of aliphatic carboxylic acids is 1. The Kier molecular flexibility index (Phi) is 11.0. The van der Waals surface area contributed by atoms with E-state index in [0.29, 0.717) is 12.8 Å². The maximum Gasteiger partial charge on any atom is 0.303 e. The van der Waals surface area contributed by atoms with Crippen molar-refractivity contribution in [2.24, 2.45) is 0 Å². The van der Waals surface area contributed by atoms with Gasteiger partial charge in [-0.2, -0.15) is 0 Å². The fraction of sp³-hybridized carbons (Fsp3) is 0.667. The van der Waals surface area contributed by atoms with Gasteiger partial charge < -0.3 is 15.3 Å². The van der Waals surface area contributed by atoms with Crippen molar-refractivity contribution < 1.29 is 20.1 Å². The molecule has 2 atom stereocenters. The number of aliphatic hydroxyl groups is 2. The molecule has 4 heteroatoms. The van der Waals surface area contributed by atoms with Crippen molar-refractivity contribution in [2.75, 3.05) is 0 Å². The van der Waals surface area contributed by atoms with Crippen LogP contribution in [0.25, 0.3) is 0 Å². The minimum atomic E-state index is -0.865. The van der Waals surface area contributed by atoms with Crippen LogP contribution in [0, 0.1) is 11.8 Å². The van der Waals surface area contributed by atoms with Crippen molar-refractivity contribution in [3.05, 3.63) is 12.2 Å². The van der Waals surface area contributed by atoms with Crippen molar-refractivity contribution >= 4 is 5.97 Å². The van der Waals surface area contributed by atoms with Crippen LogP contribution in [0.5, 0.6) is 0 Å². The van der Waals surface area contributed by atoms with E-state index in [4.69, 9.17) is 5.11 Å². The molecule has 0 aromatic rings. The largest absolute Gasteiger partial charge is 0.481 e. The Labute approximate surface area is 115 Å². The van der Waals surface area contributed by atoms with Crippen molar-refractivity contribution in [2.45, 2.75) is 64.1 Å². The Morgan fingerprint density at radius 2 is 1.95 bits per heavy atom. The predicted molar refractivity (Wildman–Crippen MR) is 74.6 cm³/mol. The molecule has 0 rings (SSSR count). The van der Waals surface area contributed by atoms with Crippen LogP contribution in [-0.4, -0.2) is 33.5 Å². The molecule has 4 nitrogen and oxygen atoms in total. The second-order valence-electron chi connectivity index (χ2n) is 4.46. The van der Waals surface area contributed by atoms with Gasteiger partial charge >= 0.3 is 5.97 Å². The normalized spacial score (nSPS) is 13.8. The molecular formula is C15H24O4. The zero-order valence-electron chi connectivity index (χ0n) is 11.5. The van der Waals surface area contributed by atoms with E-state index in [2.05, 4.69) is 11.8 Å². The summed E-state index contributed by atoms with van der Waals surface area (Å²) < 4.78 is 0. The zero-order chi connectivity index (χ0) is 14.5. The first kappa shape index (κ1) is 17.7. The second-order valence-corrected chi connectivity index (χ2v) is 4.46. The van der Waals surface area contributed by atoms with Crippen LogP contribution in [0.2, 0.25) is 0 Å². The molecule has 3 N–H and O–H groups in total. The Hall–Kier alpha value is -1.31. The molecule has 19 heavy (non-hydrogen) atoms. The van der Waals surface area contributed by atoms with Crippen molar-refractivity contribution in [3.8, 4) is 11.8 Å². The molecule has 0 saturated heterocycles. The van der Waals surface area contributed by atoms with E-state index in [9.17, 15) is 15.0 Å². The van der Waals surface area contributed by atoms with Crippen LogP contribution in [0.1, 0.15) is 51.9 Å². The van der Waals surface area contributed by atoms with E-state index in [1.54, 1.807) is 12.2 Å². The lowest BCUT2D eigenvalue weighted by atomic mass is 10.1. The molecule has 0 spiro atoms. The van der Waals surface area contributed by atoms with E-state index in [0.717, 1.165) is 25.7 Å². The number of rotatable bonds is 9. The summed E-state index contributed by atoms with van der Waals surface area (Å²) in [7, 11) is 0. The summed E-state index contributed by atoms with van der Waals surface area (Å²) in [6, 6.07) is 0. The Bertz CT molecular complexity index is 325. The molecule has 0 bridgehead atoms. The van der Waals surface area contributed by atoms with Gasteiger partial charge in [0.15, 0.2) is 0 Å². The van der Waals surface area contributed by atoms with Gasteiger partial charge in [-0.15, -0.1) is 0 Å². The monoisotopic (exact) mass is 268 g/mol. The Morgan fingerprint density at radius 3 is 2.58 bits per heavy atom. The van der Waals surface area contributed by atoms with Crippen molar-refractivity contribution in [3.63, 3.8) is 0 Å². The van der Waals surface area contributed by atoms with Crippen LogP contribution in [0.4, 0.5) is 0 Å². The highest BCUT2D eigenvalue weighted by Crippen LogP contribution is 2.02. The molecule has 0 heterocycles. The first-order valence-electron chi connectivity index (χ1n) is 6.82. The van der Waals surface area contributed by atoms with Crippen LogP contribution in [-0.2, 0) is 4.79 Å². The second kappa shape index (κ2) is 11.8. The molecule has 0 aliphatic carbocycles. The number of carboxylic acid groups (broad SMARTS) is 1. The maximum atomic E-state index is 10.3. The third-order valence-corrected chi connectivity index (χ3v) is 2.56. The van der Waals surface area contributed by atoms with Crippen LogP contribution in [0.3, 0.4) is 0 Å². The molecule has 108 valence electrons. The van der Waals surface area contributed by atoms with Gasteiger partial charge in [-0.05, 0) is 31.8 Å². The number of allylic oxidation sites excluding steroid dienone is 1. The molecule has 2 unspecified atom stereocenters. The summed E-state index contributed by atoms with van der Waals surface area (Å²) in [6.07, 6.45) is 6.72. The molecule has 0 aromatic carbocycles. The van der Waals surface area contributed by atoms with Gasteiger partial charge in [-0.25, -0.2) is 0 Å². The van der Waals surface area contributed by atoms with E-state index < -0.39 is 18.2 Å². The van der Waals surface area contributed by atoms with E-state index in [1.165, 1.54) is 0 Å². The summed E-state index contributed by atoms with van der Waals surface area (Å²) in [4.78, 5) is 10.3. The minimum absolute atomic E-state index is 0.180. The first-order valence-corrected chi connectivity index (χ1v) is 6.82. The molecular weight excluding hydrogens is 244 g/mol. The number of hydrogen-bond donors (Lipinski definition) is 3. The lowest BCUT2D eigenvalue weighted by Crippen LogP contribution is -2.05. The molecule has 0 saturated carbocycles. The fourth-order valence-corrected chi connectivity index (χ4v) is 1.46. The smallest absolute Gasteiger partial charge is 0.303 e. The highest BCUT2D eigenvalue weighted by atomic mass is 16.4. The first-order chi connectivity index (χ1) is 9.06. The van der Waals surface area contributed by atoms with E-state index >= 15 is 0 Å². The van der Waals surface area contributed by atoms with Gasteiger partial charge in [-0.3, -0.25) is 4.79 Å². The minimum Gasteiger partial charge on any atom is -0.481 e. The van der Waals surface area contributed by atoms with Gasteiger partial charge in [0, 0.05) is 6.42 Å². The molecule has 0 amide bonds. The van der Waals surface area contributed by atoms with Gasteiger partial charge in [0.25, 0.3) is 0 Å². The summed E-state index contributed by atoms with van der Waals surface area (Å²) in [5.74, 6) is 4.40. The fourth-order valence-electron chi connectivity index (χ4n) is 1.46. The van der Waals surface area contributed by atoms with Crippen molar-refractivity contribution in [1.29, 1.82) is 0 Å². The van der Waals surface area contributed by atoms with Gasteiger partial charge in [0.05, 0.1) is 0 Å². The molecule has 0 aliphatic heterocycles. The average Bonchev–Trinajstić information content (AvgIpc) is 2.37. The van der Waals surface area contributed by atoms with Crippen LogP contribution in [0.15, 0.2) is 12.2 Å². The topological polar surface area (TPSA) is 77.8 Å². The molecule has 0 radical (unpaired) electrons. The maximum absolute atomic E-state index is 10.3.